The molecular weight excluding hydrogens is 314 g/mol. The van der Waals surface area contributed by atoms with Gasteiger partial charge >= 0.3 is 0 Å². The van der Waals surface area contributed by atoms with Crippen LogP contribution >= 0.6 is 15.9 Å². The summed E-state index contributed by atoms with van der Waals surface area (Å²) in [7, 11) is 0. The second-order valence-electron chi connectivity index (χ2n) is 5.02. The summed E-state index contributed by atoms with van der Waals surface area (Å²) < 4.78 is 1.05. The number of carbonyl (C=O) groups is 1. The third-order valence-electron chi connectivity index (χ3n) is 3.38. The van der Waals surface area contributed by atoms with Crippen molar-refractivity contribution in [1.29, 1.82) is 0 Å². The van der Waals surface area contributed by atoms with Gasteiger partial charge in [0.15, 0.2) is 0 Å². The minimum atomic E-state index is 0.0197. The number of carbonyl (C=O) groups excluding carboxylic acids is 1. The van der Waals surface area contributed by atoms with Gasteiger partial charge in [-0.25, -0.2) is 0 Å². The molecule has 2 nitrogen and oxygen atoms in total. The molecule has 0 spiro atoms. The van der Waals surface area contributed by atoms with Crippen LogP contribution in [0, 0.1) is 0 Å². The number of unbranched alkanes of at least 4 members (excludes halogenated alkanes) is 3. The van der Waals surface area contributed by atoms with Crippen LogP contribution in [0.25, 0.3) is 10.8 Å². The number of hydrogen-bond donors (Lipinski definition) is 1. The highest BCUT2D eigenvalue weighted by atomic mass is 79.9. The number of nitrogens with one attached hydrogen (secondary N) is 1. The maximum Gasteiger partial charge on any atom is 0.251 e. The lowest BCUT2D eigenvalue weighted by Gasteiger charge is -2.06. The monoisotopic (exact) mass is 333 g/mol. The van der Waals surface area contributed by atoms with E-state index >= 15 is 0 Å². The molecular formula is C17H20BrNO. The second-order valence-corrected chi connectivity index (χ2v) is 5.94. The highest BCUT2D eigenvalue weighted by molar-refractivity contribution is 9.10. The molecule has 0 aliphatic rings. The van der Waals surface area contributed by atoms with E-state index in [4.69, 9.17) is 0 Å². The SMILES string of the molecule is CCCCCCNC(=O)c1ccc2cc(Br)ccc2c1. The van der Waals surface area contributed by atoms with E-state index in [0.29, 0.717) is 0 Å². The van der Waals surface area contributed by atoms with Gasteiger partial charge in [0, 0.05) is 16.6 Å². The van der Waals surface area contributed by atoms with Crippen molar-refractivity contribution in [3.63, 3.8) is 0 Å². The lowest BCUT2D eigenvalue weighted by Crippen LogP contribution is -2.24. The topological polar surface area (TPSA) is 29.1 Å². The van der Waals surface area contributed by atoms with E-state index in [1.807, 2.05) is 30.3 Å². The Morgan fingerprint density at radius 2 is 1.80 bits per heavy atom. The molecule has 0 radical (unpaired) electrons. The van der Waals surface area contributed by atoms with Gasteiger partial charge in [-0.15, -0.1) is 0 Å². The number of halogens is 1. The van der Waals surface area contributed by atoms with Crippen LogP contribution < -0.4 is 5.32 Å². The Bertz CT molecular complexity index is 595. The molecule has 2 aromatic rings. The zero-order chi connectivity index (χ0) is 14.4. The largest absolute Gasteiger partial charge is 0.352 e. The van der Waals surface area contributed by atoms with Crippen LogP contribution in [-0.4, -0.2) is 12.5 Å². The van der Waals surface area contributed by atoms with Crippen molar-refractivity contribution in [3.05, 3.63) is 46.4 Å². The lowest BCUT2D eigenvalue weighted by atomic mass is 10.1. The molecule has 0 aliphatic carbocycles. The van der Waals surface area contributed by atoms with Gasteiger partial charge in [0.2, 0.25) is 0 Å². The fraction of sp³-hybridized carbons (Fsp3) is 0.353. The molecule has 106 valence electrons. The van der Waals surface area contributed by atoms with E-state index in [1.54, 1.807) is 0 Å². The van der Waals surface area contributed by atoms with Crippen LogP contribution in [0.4, 0.5) is 0 Å². The number of benzene rings is 2. The summed E-state index contributed by atoms with van der Waals surface area (Å²) in [6.07, 6.45) is 4.69. The smallest absolute Gasteiger partial charge is 0.251 e. The van der Waals surface area contributed by atoms with Crippen LogP contribution in [0.1, 0.15) is 43.0 Å². The molecule has 0 saturated carbocycles. The number of hydrogen-bond acceptors (Lipinski definition) is 1. The normalized spacial score (nSPS) is 10.7. The van der Waals surface area contributed by atoms with Gasteiger partial charge in [-0.05, 0) is 41.5 Å². The summed E-state index contributed by atoms with van der Waals surface area (Å²) in [5.41, 5.74) is 0.732. The summed E-state index contributed by atoms with van der Waals surface area (Å²) in [5, 5.41) is 5.21. The number of fused-ring (bicyclic) bond motifs is 1. The molecule has 1 N–H and O–H groups in total. The van der Waals surface area contributed by atoms with Gasteiger partial charge in [-0.2, -0.15) is 0 Å². The van der Waals surface area contributed by atoms with Gasteiger partial charge in [-0.3, -0.25) is 4.79 Å². The fourth-order valence-electron chi connectivity index (χ4n) is 2.21. The Labute approximate surface area is 128 Å². The van der Waals surface area contributed by atoms with Gasteiger partial charge in [-0.1, -0.05) is 54.2 Å². The first-order valence-electron chi connectivity index (χ1n) is 7.18. The minimum absolute atomic E-state index is 0.0197. The Morgan fingerprint density at radius 1 is 1.05 bits per heavy atom. The van der Waals surface area contributed by atoms with Crippen LogP contribution in [0.3, 0.4) is 0 Å². The Kier molecular flexibility index (Phi) is 5.60. The first-order valence-corrected chi connectivity index (χ1v) is 7.97. The van der Waals surface area contributed by atoms with E-state index < -0.39 is 0 Å². The summed E-state index contributed by atoms with van der Waals surface area (Å²) in [6.45, 7) is 2.95. The molecule has 0 aromatic heterocycles. The standard InChI is InChI=1S/C17H20BrNO/c1-2-3-4-5-10-19-17(20)15-7-6-14-12-16(18)9-8-13(14)11-15/h6-9,11-12H,2-5,10H2,1H3,(H,19,20). The van der Waals surface area contributed by atoms with Crippen molar-refractivity contribution >= 4 is 32.6 Å². The Hall–Kier alpha value is -1.35. The third kappa shape index (κ3) is 4.07. The van der Waals surface area contributed by atoms with Crippen LogP contribution in [0.5, 0.6) is 0 Å². The third-order valence-corrected chi connectivity index (χ3v) is 3.87. The molecule has 0 aliphatic heterocycles. The summed E-state index contributed by atoms with van der Waals surface area (Å²) in [6, 6.07) is 11.9. The second kappa shape index (κ2) is 7.44. The van der Waals surface area contributed by atoms with Gasteiger partial charge in [0.05, 0.1) is 0 Å². The van der Waals surface area contributed by atoms with Gasteiger partial charge < -0.3 is 5.32 Å². The molecule has 0 heterocycles. The van der Waals surface area contributed by atoms with E-state index in [9.17, 15) is 4.79 Å². The predicted molar refractivity (Wildman–Crippen MR) is 88.1 cm³/mol. The first-order chi connectivity index (χ1) is 9.70. The maximum atomic E-state index is 12.1. The average Bonchev–Trinajstić information content (AvgIpc) is 2.46. The van der Waals surface area contributed by atoms with Crippen molar-refractivity contribution in [1.82, 2.24) is 5.32 Å². The molecule has 0 fully saturated rings. The van der Waals surface area contributed by atoms with Gasteiger partial charge in [0.25, 0.3) is 5.91 Å². The summed E-state index contributed by atoms with van der Waals surface area (Å²) in [4.78, 5) is 12.1. The summed E-state index contributed by atoms with van der Waals surface area (Å²) in [5.74, 6) is 0.0197. The van der Waals surface area contributed by atoms with Crippen molar-refractivity contribution < 1.29 is 4.79 Å². The molecule has 0 atom stereocenters. The predicted octanol–water partition coefficient (Wildman–Crippen LogP) is 4.91. The molecule has 20 heavy (non-hydrogen) atoms. The molecule has 1 amide bonds. The number of rotatable bonds is 6. The molecule has 0 saturated heterocycles. The Morgan fingerprint density at radius 3 is 2.60 bits per heavy atom. The van der Waals surface area contributed by atoms with E-state index in [2.05, 4.69) is 34.2 Å². The fourth-order valence-corrected chi connectivity index (χ4v) is 2.59. The highest BCUT2D eigenvalue weighted by Gasteiger charge is 2.05. The minimum Gasteiger partial charge on any atom is -0.352 e. The molecule has 3 heteroatoms. The number of amides is 1. The van der Waals surface area contributed by atoms with E-state index in [1.165, 1.54) is 19.3 Å². The molecule has 0 bridgehead atoms. The lowest BCUT2D eigenvalue weighted by molar-refractivity contribution is 0.0953. The Balaban J connectivity index is 1.98. The quantitative estimate of drug-likeness (QED) is 0.747. The van der Waals surface area contributed by atoms with Gasteiger partial charge in [0.1, 0.15) is 0 Å². The zero-order valence-corrected chi connectivity index (χ0v) is 13.4. The van der Waals surface area contributed by atoms with Crippen molar-refractivity contribution in [2.24, 2.45) is 0 Å². The summed E-state index contributed by atoms with van der Waals surface area (Å²) >= 11 is 3.46. The van der Waals surface area contributed by atoms with E-state index in [0.717, 1.165) is 33.8 Å². The van der Waals surface area contributed by atoms with Crippen LogP contribution in [-0.2, 0) is 0 Å². The molecule has 2 aromatic carbocycles. The zero-order valence-electron chi connectivity index (χ0n) is 11.8. The van der Waals surface area contributed by atoms with Crippen LogP contribution in [0.15, 0.2) is 40.9 Å². The highest BCUT2D eigenvalue weighted by Crippen LogP contribution is 2.20. The van der Waals surface area contributed by atoms with Crippen molar-refractivity contribution in [2.75, 3.05) is 6.54 Å². The average molecular weight is 334 g/mol. The first kappa shape index (κ1) is 15.0. The van der Waals surface area contributed by atoms with Crippen LogP contribution in [0.2, 0.25) is 0 Å². The maximum absolute atomic E-state index is 12.1. The molecule has 0 unspecified atom stereocenters. The van der Waals surface area contributed by atoms with Crippen molar-refractivity contribution in [2.45, 2.75) is 32.6 Å². The van der Waals surface area contributed by atoms with Crippen molar-refractivity contribution in [3.8, 4) is 0 Å². The molecule has 2 rings (SSSR count). The van der Waals surface area contributed by atoms with E-state index in [-0.39, 0.29) is 5.91 Å².